The van der Waals surface area contributed by atoms with Crippen LogP contribution in [0.5, 0.6) is 0 Å². The maximum absolute atomic E-state index is 11.3. The topological polar surface area (TPSA) is 148 Å². The monoisotopic (exact) mass is 314 g/mol. The molecule has 0 amide bonds. The number of fused-ring (bicyclic) bond motifs is 1. The van der Waals surface area contributed by atoms with Crippen LogP contribution < -0.4 is 11.7 Å². The van der Waals surface area contributed by atoms with Crippen LogP contribution in [0.1, 0.15) is 12.8 Å². The largest absolute Gasteiger partial charge is 0.508 e. The van der Waals surface area contributed by atoms with Gasteiger partial charge >= 0.3 is 12.3 Å². The minimum atomic E-state index is -0.820. The van der Waals surface area contributed by atoms with Crippen molar-refractivity contribution in [2.45, 2.75) is 25.0 Å². The number of carbonyl (C=O) groups excluding carboxylic acids is 2. The van der Waals surface area contributed by atoms with Gasteiger partial charge in [-0.05, 0) is 12.8 Å². The highest BCUT2D eigenvalue weighted by Crippen LogP contribution is 2.43. The third kappa shape index (κ3) is 2.76. The number of methoxy groups -OCH3 is 2. The van der Waals surface area contributed by atoms with Gasteiger partial charge in [-0.2, -0.15) is 10.2 Å². The lowest BCUT2D eigenvalue weighted by atomic mass is 9.99. The van der Waals surface area contributed by atoms with E-state index in [4.69, 9.17) is 21.2 Å². The van der Waals surface area contributed by atoms with Gasteiger partial charge in [0.15, 0.2) is 0 Å². The second kappa shape index (κ2) is 6.50. The Morgan fingerprint density at radius 3 is 1.55 bits per heavy atom. The first kappa shape index (κ1) is 15.9. The SMILES string of the molecule is COC(=O)OC1CC2C(=NN)C(OC(=O)OC)CC2C1=NN. The van der Waals surface area contributed by atoms with Gasteiger partial charge in [0.25, 0.3) is 0 Å². The van der Waals surface area contributed by atoms with Gasteiger partial charge in [0.05, 0.1) is 25.6 Å². The second-order valence-electron chi connectivity index (χ2n) is 4.91. The van der Waals surface area contributed by atoms with E-state index in [1.165, 1.54) is 14.2 Å². The van der Waals surface area contributed by atoms with Crippen LogP contribution in [0.25, 0.3) is 0 Å². The van der Waals surface area contributed by atoms with Crippen molar-refractivity contribution in [1.82, 2.24) is 0 Å². The molecule has 122 valence electrons. The molecule has 4 N–H and O–H groups in total. The van der Waals surface area contributed by atoms with Gasteiger partial charge < -0.3 is 30.6 Å². The van der Waals surface area contributed by atoms with E-state index >= 15 is 0 Å². The van der Waals surface area contributed by atoms with Crippen LogP contribution in [-0.2, 0) is 18.9 Å². The summed E-state index contributed by atoms with van der Waals surface area (Å²) in [4.78, 5) is 22.5. The number of hydrogen-bond donors (Lipinski definition) is 2. The molecule has 0 aromatic carbocycles. The standard InChI is InChI=1S/C12H18N4O6/c1-19-11(17)21-7-3-5-6(9(7)15-13)4-8(10(5)16-14)22-12(18)20-2/h5-8H,3-4,13-14H2,1-2H3. The number of hydrazone groups is 2. The van der Waals surface area contributed by atoms with E-state index in [2.05, 4.69) is 19.7 Å². The highest BCUT2D eigenvalue weighted by molar-refractivity contribution is 6.05. The third-order valence-electron chi connectivity index (χ3n) is 3.95. The van der Waals surface area contributed by atoms with Gasteiger partial charge in [-0.25, -0.2) is 9.59 Å². The lowest BCUT2D eigenvalue weighted by Gasteiger charge is -2.17. The first-order valence-corrected chi connectivity index (χ1v) is 6.60. The Bertz CT molecular complexity index is 474. The van der Waals surface area contributed by atoms with Crippen LogP contribution in [0.4, 0.5) is 9.59 Å². The summed E-state index contributed by atoms with van der Waals surface area (Å²) >= 11 is 0. The van der Waals surface area contributed by atoms with Gasteiger partial charge in [0.2, 0.25) is 0 Å². The van der Waals surface area contributed by atoms with Crippen molar-refractivity contribution in [3.05, 3.63) is 0 Å². The third-order valence-corrected chi connectivity index (χ3v) is 3.95. The highest BCUT2D eigenvalue weighted by atomic mass is 16.7. The van der Waals surface area contributed by atoms with E-state index in [-0.39, 0.29) is 11.8 Å². The van der Waals surface area contributed by atoms with Crippen molar-refractivity contribution in [2.24, 2.45) is 33.7 Å². The predicted molar refractivity (Wildman–Crippen MR) is 74.0 cm³/mol. The molecule has 2 fully saturated rings. The van der Waals surface area contributed by atoms with Crippen LogP contribution in [0, 0.1) is 11.8 Å². The maximum Gasteiger partial charge on any atom is 0.508 e. The summed E-state index contributed by atoms with van der Waals surface area (Å²) in [5, 5.41) is 7.44. The van der Waals surface area contributed by atoms with Crippen LogP contribution in [0.15, 0.2) is 10.2 Å². The van der Waals surface area contributed by atoms with E-state index in [0.29, 0.717) is 24.3 Å². The number of hydrogen-bond acceptors (Lipinski definition) is 10. The lowest BCUT2D eigenvalue weighted by molar-refractivity contribution is 0.0549. The van der Waals surface area contributed by atoms with Crippen molar-refractivity contribution in [2.75, 3.05) is 14.2 Å². The Labute approximate surface area is 126 Å². The molecule has 2 aliphatic rings. The summed E-state index contributed by atoms with van der Waals surface area (Å²) in [6.45, 7) is 0. The first-order chi connectivity index (χ1) is 10.5. The molecule has 0 bridgehead atoms. The van der Waals surface area contributed by atoms with Gasteiger partial charge in [0.1, 0.15) is 12.2 Å². The molecule has 4 unspecified atom stereocenters. The Balaban J connectivity index is 2.15. The molecule has 0 saturated heterocycles. The zero-order valence-electron chi connectivity index (χ0n) is 12.2. The number of rotatable bonds is 2. The summed E-state index contributed by atoms with van der Waals surface area (Å²) < 4.78 is 19.2. The smallest absolute Gasteiger partial charge is 0.438 e. The first-order valence-electron chi connectivity index (χ1n) is 6.60. The second-order valence-corrected chi connectivity index (χ2v) is 4.91. The quantitative estimate of drug-likeness (QED) is 0.409. The van der Waals surface area contributed by atoms with E-state index in [1.807, 2.05) is 0 Å². The molecule has 2 aliphatic carbocycles. The zero-order valence-corrected chi connectivity index (χ0v) is 12.2. The Morgan fingerprint density at radius 2 is 1.27 bits per heavy atom. The molecule has 0 aliphatic heterocycles. The van der Waals surface area contributed by atoms with Gasteiger partial charge in [-0.15, -0.1) is 0 Å². The maximum atomic E-state index is 11.3. The fraction of sp³-hybridized carbons (Fsp3) is 0.667. The van der Waals surface area contributed by atoms with E-state index in [0.717, 1.165) is 0 Å². The molecule has 10 heteroatoms. The highest BCUT2D eigenvalue weighted by Gasteiger charge is 2.53. The summed E-state index contributed by atoms with van der Waals surface area (Å²) in [7, 11) is 2.43. The van der Waals surface area contributed by atoms with Crippen molar-refractivity contribution < 1.29 is 28.5 Å². The number of nitrogens with two attached hydrogens (primary N) is 2. The van der Waals surface area contributed by atoms with Crippen LogP contribution >= 0.6 is 0 Å². The minimum absolute atomic E-state index is 0.170. The number of nitrogens with zero attached hydrogens (tertiary/aromatic N) is 2. The molecular weight excluding hydrogens is 296 g/mol. The molecule has 0 radical (unpaired) electrons. The van der Waals surface area contributed by atoms with Crippen LogP contribution in [-0.4, -0.2) is 50.2 Å². The van der Waals surface area contributed by atoms with Gasteiger partial charge in [-0.3, -0.25) is 0 Å². The minimum Gasteiger partial charge on any atom is -0.438 e. The van der Waals surface area contributed by atoms with Crippen LogP contribution in [0.2, 0.25) is 0 Å². The van der Waals surface area contributed by atoms with Gasteiger partial charge in [-0.1, -0.05) is 0 Å². The van der Waals surface area contributed by atoms with Crippen LogP contribution in [0.3, 0.4) is 0 Å². The fourth-order valence-corrected chi connectivity index (χ4v) is 3.07. The van der Waals surface area contributed by atoms with Crippen molar-refractivity contribution in [3.63, 3.8) is 0 Å². The Morgan fingerprint density at radius 1 is 0.909 bits per heavy atom. The summed E-state index contributed by atoms with van der Waals surface area (Å²) in [5.74, 6) is 10.5. The lowest BCUT2D eigenvalue weighted by Crippen LogP contribution is -2.30. The fourth-order valence-electron chi connectivity index (χ4n) is 3.07. The molecule has 22 heavy (non-hydrogen) atoms. The molecule has 2 rings (SSSR count). The summed E-state index contributed by atoms with van der Waals surface area (Å²) in [6, 6.07) is 0. The molecular formula is C12H18N4O6. The van der Waals surface area contributed by atoms with Crippen molar-refractivity contribution in [3.8, 4) is 0 Å². The number of carbonyl (C=O) groups is 2. The van der Waals surface area contributed by atoms with E-state index in [9.17, 15) is 9.59 Å². The Hall–Kier alpha value is -2.52. The zero-order chi connectivity index (χ0) is 16.3. The molecule has 2 saturated carbocycles. The van der Waals surface area contributed by atoms with E-state index < -0.39 is 24.5 Å². The molecule has 4 atom stereocenters. The molecule has 0 aromatic rings. The Kier molecular flexibility index (Phi) is 4.68. The molecule has 0 spiro atoms. The van der Waals surface area contributed by atoms with Crippen molar-refractivity contribution >= 4 is 23.7 Å². The predicted octanol–water partition coefficient (Wildman–Crippen LogP) is -0.0412. The van der Waals surface area contributed by atoms with Gasteiger partial charge in [0, 0.05) is 11.8 Å². The summed E-state index contributed by atoms with van der Waals surface area (Å²) in [5.41, 5.74) is 0.986. The van der Waals surface area contributed by atoms with E-state index in [1.54, 1.807) is 0 Å². The summed E-state index contributed by atoms with van der Waals surface area (Å²) in [6.07, 6.45) is -2.06. The average Bonchev–Trinajstić information content (AvgIpc) is 3.00. The normalized spacial score (nSPS) is 33.5. The molecule has 0 aromatic heterocycles. The van der Waals surface area contributed by atoms with Crippen molar-refractivity contribution in [1.29, 1.82) is 0 Å². The average molecular weight is 314 g/mol. The molecule has 0 heterocycles. The molecule has 10 nitrogen and oxygen atoms in total. The number of ether oxygens (including phenoxy) is 4.